The summed E-state index contributed by atoms with van der Waals surface area (Å²) in [5, 5.41) is 6.77. The van der Waals surface area contributed by atoms with Gasteiger partial charge in [0.15, 0.2) is 11.5 Å². The van der Waals surface area contributed by atoms with Crippen LogP contribution in [0, 0.1) is 0 Å². The van der Waals surface area contributed by atoms with Crippen LogP contribution >= 0.6 is 0 Å². The maximum atomic E-state index is 12.5. The SMILES string of the molecule is COc1cc2nccc(Oc3ccc(NC(=O)N[C@@H]4CCc5ccccc54)cc3)c2cc1OC. The molecular weight excluding hydrogens is 430 g/mol. The first-order valence-electron chi connectivity index (χ1n) is 11.1. The Bertz CT molecular complexity index is 1340. The van der Waals surface area contributed by atoms with Crippen molar-refractivity contribution in [2.75, 3.05) is 19.5 Å². The Kier molecular flexibility index (Phi) is 5.91. The Morgan fingerprint density at radius 2 is 1.71 bits per heavy atom. The number of ether oxygens (including phenoxy) is 3. The number of hydrogen-bond donors (Lipinski definition) is 2. The average molecular weight is 456 g/mol. The topological polar surface area (TPSA) is 81.7 Å². The fourth-order valence-corrected chi connectivity index (χ4v) is 4.30. The van der Waals surface area contributed by atoms with E-state index in [1.165, 1.54) is 11.1 Å². The molecule has 2 N–H and O–H groups in total. The second-order valence-electron chi connectivity index (χ2n) is 8.05. The van der Waals surface area contributed by atoms with Gasteiger partial charge < -0.3 is 24.8 Å². The summed E-state index contributed by atoms with van der Waals surface area (Å²) in [5.74, 6) is 2.49. The van der Waals surface area contributed by atoms with Crippen LogP contribution in [0.15, 0.2) is 72.9 Å². The van der Waals surface area contributed by atoms with Crippen LogP contribution in [0.3, 0.4) is 0 Å². The first-order chi connectivity index (χ1) is 16.6. The van der Waals surface area contributed by atoms with Crippen LogP contribution in [0.4, 0.5) is 10.5 Å². The molecule has 3 aromatic carbocycles. The van der Waals surface area contributed by atoms with Crippen LogP contribution in [0.2, 0.25) is 0 Å². The lowest BCUT2D eigenvalue weighted by atomic mass is 10.1. The van der Waals surface area contributed by atoms with Crippen molar-refractivity contribution in [3.8, 4) is 23.0 Å². The summed E-state index contributed by atoms with van der Waals surface area (Å²) in [4.78, 5) is 16.9. The van der Waals surface area contributed by atoms with Crippen molar-refractivity contribution in [2.24, 2.45) is 0 Å². The highest BCUT2D eigenvalue weighted by molar-refractivity contribution is 5.90. The van der Waals surface area contributed by atoms with E-state index >= 15 is 0 Å². The van der Waals surface area contributed by atoms with Gasteiger partial charge in [0.2, 0.25) is 0 Å². The third kappa shape index (κ3) is 4.32. The molecule has 1 aromatic heterocycles. The number of nitrogens with zero attached hydrogens (tertiary/aromatic N) is 1. The molecule has 7 nitrogen and oxygen atoms in total. The standard InChI is InChI=1S/C27H25N3O4/c1-32-25-15-21-23(16-26(25)33-2)28-14-13-24(21)34-19-10-8-18(9-11-19)29-27(31)30-22-12-7-17-5-3-4-6-20(17)22/h3-6,8-11,13-16,22H,7,12H2,1-2H3,(H2,29,30,31)/t22-/m1/s1. The Morgan fingerprint density at radius 3 is 2.50 bits per heavy atom. The van der Waals surface area contributed by atoms with Gasteiger partial charge in [-0.2, -0.15) is 0 Å². The van der Waals surface area contributed by atoms with Crippen molar-refractivity contribution in [3.05, 3.63) is 84.1 Å². The van der Waals surface area contributed by atoms with Gasteiger partial charge in [-0.1, -0.05) is 24.3 Å². The summed E-state index contributed by atoms with van der Waals surface area (Å²) in [7, 11) is 3.18. The minimum absolute atomic E-state index is 0.0365. The number of hydrogen-bond acceptors (Lipinski definition) is 5. The lowest BCUT2D eigenvalue weighted by molar-refractivity contribution is 0.248. The van der Waals surface area contributed by atoms with Gasteiger partial charge in [0.25, 0.3) is 0 Å². The van der Waals surface area contributed by atoms with Gasteiger partial charge in [-0.15, -0.1) is 0 Å². The number of methoxy groups -OCH3 is 2. The molecule has 0 bridgehead atoms. The maximum Gasteiger partial charge on any atom is 0.319 e. The van der Waals surface area contributed by atoms with Crippen molar-refractivity contribution in [2.45, 2.75) is 18.9 Å². The number of anilines is 1. The molecule has 172 valence electrons. The van der Waals surface area contributed by atoms with E-state index in [1.807, 2.05) is 48.5 Å². The number of benzene rings is 3. The molecule has 1 aliphatic carbocycles. The van der Waals surface area contributed by atoms with Crippen LogP contribution in [0.5, 0.6) is 23.0 Å². The summed E-state index contributed by atoms with van der Waals surface area (Å²) in [6.07, 6.45) is 3.58. The number of rotatable bonds is 6. The minimum Gasteiger partial charge on any atom is -0.493 e. The van der Waals surface area contributed by atoms with Gasteiger partial charge in [0.05, 0.1) is 25.8 Å². The van der Waals surface area contributed by atoms with E-state index in [0.29, 0.717) is 28.7 Å². The van der Waals surface area contributed by atoms with E-state index < -0.39 is 0 Å². The molecule has 0 fully saturated rings. The Labute approximate surface area is 197 Å². The fraction of sp³-hybridized carbons (Fsp3) is 0.185. The summed E-state index contributed by atoms with van der Waals surface area (Å²) < 4.78 is 16.9. The third-order valence-corrected chi connectivity index (χ3v) is 5.99. The van der Waals surface area contributed by atoms with Crippen LogP contribution in [0.25, 0.3) is 10.9 Å². The molecular formula is C27H25N3O4. The lowest BCUT2D eigenvalue weighted by Crippen LogP contribution is -2.31. The third-order valence-electron chi connectivity index (χ3n) is 5.99. The van der Waals surface area contributed by atoms with Crippen LogP contribution in [0.1, 0.15) is 23.6 Å². The number of amides is 2. The monoisotopic (exact) mass is 455 g/mol. The van der Waals surface area contributed by atoms with Crippen molar-refractivity contribution < 1.29 is 19.0 Å². The van der Waals surface area contributed by atoms with E-state index in [2.05, 4.69) is 27.8 Å². The molecule has 0 aliphatic heterocycles. The molecule has 0 unspecified atom stereocenters. The van der Waals surface area contributed by atoms with E-state index in [0.717, 1.165) is 23.7 Å². The zero-order valence-electron chi connectivity index (χ0n) is 19.0. The average Bonchev–Trinajstić information content (AvgIpc) is 3.27. The number of urea groups is 1. The predicted octanol–water partition coefficient (Wildman–Crippen LogP) is 5.85. The molecule has 5 rings (SSSR count). The number of fused-ring (bicyclic) bond motifs is 2. The molecule has 0 spiro atoms. The minimum atomic E-state index is -0.225. The van der Waals surface area contributed by atoms with E-state index in [9.17, 15) is 4.79 Å². The second-order valence-corrected chi connectivity index (χ2v) is 8.05. The van der Waals surface area contributed by atoms with E-state index in [1.54, 1.807) is 26.5 Å². The molecule has 1 atom stereocenters. The van der Waals surface area contributed by atoms with Crippen molar-refractivity contribution in [3.63, 3.8) is 0 Å². The highest BCUT2D eigenvalue weighted by atomic mass is 16.5. The predicted molar refractivity (Wildman–Crippen MR) is 131 cm³/mol. The maximum absolute atomic E-state index is 12.5. The van der Waals surface area contributed by atoms with Gasteiger partial charge in [-0.25, -0.2) is 4.79 Å². The Balaban J connectivity index is 1.27. The highest BCUT2D eigenvalue weighted by Gasteiger charge is 2.23. The Morgan fingerprint density at radius 1 is 0.941 bits per heavy atom. The lowest BCUT2D eigenvalue weighted by Gasteiger charge is -2.15. The van der Waals surface area contributed by atoms with Gasteiger partial charge in [0, 0.05) is 23.3 Å². The van der Waals surface area contributed by atoms with Gasteiger partial charge in [0.1, 0.15) is 11.5 Å². The number of carbonyl (C=O) groups is 1. The summed E-state index contributed by atoms with van der Waals surface area (Å²) in [6, 6.07) is 20.8. The number of pyridine rings is 1. The molecule has 0 radical (unpaired) electrons. The van der Waals surface area contributed by atoms with Crippen LogP contribution in [-0.2, 0) is 6.42 Å². The van der Waals surface area contributed by atoms with Crippen molar-refractivity contribution in [1.82, 2.24) is 10.3 Å². The summed E-state index contributed by atoms with van der Waals surface area (Å²) in [6.45, 7) is 0. The second kappa shape index (κ2) is 9.31. The zero-order valence-corrected chi connectivity index (χ0v) is 19.0. The molecule has 34 heavy (non-hydrogen) atoms. The van der Waals surface area contributed by atoms with Gasteiger partial charge in [-0.05, 0) is 60.4 Å². The summed E-state index contributed by atoms with van der Waals surface area (Å²) >= 11 is 0. The molecule has 1 aliphatic rings. The van der Waals surface area contributed by atoms with Crippen molar-refractivity contribution in [1.29, 1.82) is 0 Å². The molecule has 0 saturated heterocycles. The molecule has 4 aromatic rings. The van der Waals surface area contributed by atoms with Gasteiger partial charge >= 0.3 is 6.03 Å². The first-order valence-corrected chi connectivity index (χ1v) is 11.1. The number of nitrogens with one attached hydrogen (secondary N) is 2. The van der Waals surface area contributed by atoms with Crippen LogP contribution in [-0.4, -0.2) is 25.2 Å². The number of carbonyl (C=O) groups excluding carboxylic acids is 1. The first kappa shape index (κ1) is 21.6. The van der Waals surface area contributed by atoms with Gasteiger partial charge in [-0.3, -0.25) is 4.98 Å². The fourth-order valence-electron chi connectivity index (χ4n) is 4.30. The summed E-state index contributed by atoms with van der Waals surface area (Å²) in [5.41, 5.74) is 3.91. The molecule has 1 heterocycles. The Hall–Kier alpha value is -4.26. The zero-order chi connectivity index (χ0) is 23.5. The number of aromatic nitrogens is 1. The van der Waals surface area contributed by atoms with Crippen molar-refractivity contribution >= 4 is 22.6 Å². The smallest absolute Gasteiger partial charge is 0.319 e. The van der Waals surface area contributed by atoms with E-state index in [4.69, 9.17) is 14.2 Å². The normalized spacial score (nSPS) is 14.4. The van der Waals surface area contributed by atoms with E-state index in [-0.39, 0.29) is 12.1 Å². The number of aryl methyl sites for hydroxylation is 1. The van der Waals surface area contributed by atoms with Crippen LogP contribution < -0.4 is 24.8 Å². The molecule has 2 amide bonds. The molecule has 7 heteroatoms. The largest absolute Gasteiger partial charge is 0.493 e. The highest BCUT2D eigenvalue weighted by Crippen LogP contribution is 2.37. The quantitative estimate of drug-likeness (QED) is 0.381. The molecule has 0 saturated carbocycles.